The van der Waals surface area contributed by atoms with Crippen molar-refractivity contribution in [2.45, 2.75) is 18.2 Å². The van der Waals surface area contributed by atoms with E-state index in [9.17, 15) is 18.0 Å². The van der Waals surface area contributed by atoms with Gasteiger partial charge in [0.2, 0.25) is 10.0 Å². The Hall–Kier alpha value is -2.17. The van der Waals surface area contributed by atoms with E-state index in [1.54, 1.807) is 6.92 Å². The van der Waals surface area contributed by atoms with E-state index in [1.165, 1.54) is 29.6 Å². The zero-order valence-corrected chi connectivity index (χ0v) is 15.5. The van der Waals surface area contributed by atoms with Crippen LogP contribution in [-0.4, -0.2) is 64.6 Å². The normalized spacial score (nSPS) is 15.3. The van der Waals surface area contributed by atoms with Gasteiger partial charge in [-0.3, -0.25) is 9.59 Å². The molecule has 2 rings (SSSR count). The van der Waals surface area contributed by atoms with Gasteiger partial charge in [0.1, 0.15) is 10.6 Å². The van der Waals surface area contributed by atoms with Crippen LogP contribution < -0.4 is 10.1 Å². The Kier molecular flexibility index (Phi) is 6.95. The van der Waals surface area contributed by atoms with Crippen LogP contribution in [0.3, 0.4) is 0 Å². The van der Waals surface area contributed by atoms with Gasteiger partial charge in [0.15, 0.2) is 6.61 Å². The Morgan fingerprint density at radius 1 is 1.27 bits per heavy atom. The van der Waals surface area contributed by atoms with Crippen LogP contribution in [0.2, 0.25) is 0 Å². The van der Waals surface area contributed by atoms with Gasteiger partial charge >= 0.3 is 5.97 Å². The molecule has 1 aliphatic heterocycles. The van der Waals surface area contributed by atoms with Crippen molar-refractivity contribution < 1.29 is 32.2 Å². The first kappa shape index (κ1) is 20.1. The van der Waals surface area contributed by atoms with Crippen molar-refractivity contribution in [3.63, 3.8) is 0 Å². The fraction of sp³-hybridized carbons (Fsp3) is 0.500. The van der Waals surface area contributed by atoms with Gasteiger partial charge in [0, 0.05) is 25.2 Å². The fourth-order valence-corrected chi connectivity index (χ4v) is 3.92. The summed E-state index contributed by atoms with van der Waals surface area (Å²) in [6.45, 7) is 2.31. The van der Waals surface area contributed by atoms with E-state index in [0.717, 1.165) is 0 Å². The number of ether oxygens (including phenoxy) is 3. The van der Waals surface area contributed by atoms with Crippen molar-refractivity contribution in [1.82, 2.24) is 4.31 Å². The van der Waals surface area contributed by atoms with Crippen molar-refractivity contribution >= 4 is 27.6 Å². The fourth-order valence-electron chi connectivity index (χ4n) is 2.33. The van der Waals surface area contributed by atoms with Gasteiger partial charge in [-0.25, -0.2) is 8.42 Å². The second kappa shape index (κ2) is 8.97. The average molecular weight is 386 g/mol. The zero-order chi connectivity index (χ0) is 19.2. The molecule has 144 valence electrons. The van der Waals surface area contributed by atoms with Crippen LogP contribution in [0, 0.1) is 0 Å². The smallest absolute Gasteiger partial charge is 0.306 e. The number of methoxy groups -OCH3 is 1. The second-order valence-corrected chi connectivity index (χ2v) is 7.35. The summed E-state index contributed by atoms with van der Waals surface area (Å²) in [6.07, 6.45) is 0.164. The zero-order valence-electron chi connectivity index (χ0n) is 14.7. The molecule has 1 aliphatic rings. The summed E-state index contributed by atoms with van der Waals surface area (Å²) in [7, 11) is -2.43. The number of rotatable bonds is 7. The van der Waals surface area contributed by atoms with Crippen LogP contribution in [0.25, 0.3) is 0 Å². The second-order valence-electron chi connectivity index (χ2n) is 5.44. The number of hydrogen-bond donors (Lipinski definition) is 1. The van der Waals surface area contributed by atoms with Crippen molar-refractivity contribution in [1.29, 1.82) is 0 Å². The van der Waals surface area contributed by atoms with Gasteiger partial charge in [-0.1, -0.05) is 6.92 Å². The minimum atomic E-state index is -3.80. The van der Waals surface area contributed by atoms with E-state index in [0.29, 0.717) is 13.2 Å². The summed E-state index contributed by atoms with van der Waals surface area (Å²) < 4.78 is 42.1. The van der Waals surface area contributed by atoms with Gasteiger partial charge in [0.05, 0.1) is 20.3 Å². The van der Waals surface area contributed by atoms with Crippen LogP contribution in [0.4, 0.5) is 5.69 Å². The summed E-state index contributed by atoms with van der Waals surface area (Å²) >= 11 is 0. The molecule has 1 N–H and O–H groups in total. The predicted molar refractivity (Wildman–Crippen MR) is 92.5 cm³/mol. The molecule has 0 spiro atoms. The number of amides is 1. The molecule has 0 saturated carbocycles. The maximum absolute atomic E-state index is 12.9. The lowest BCUT2D eigenvalue weighted by molar-refractivity contribution is -0.146. The van der Waals surface area contributed by atoms with Gasteiger partial charge in [0.25, 0.3) is 5.91 Å². The molecule has 26 heavy (non-hydrogen) atoms. The minimum absolute atomic E-state index is 0.0507. The number of nitrogens with one attached hydrogen (secondary N) is 1. The summed E-state index contributed by atoms with van der Waals surface area (Å²) in [5.41, 5.74) is 0.259. The molecular formula is C16H22N2O7S. The molecule has 1 fully saturated rings. The first-order valence-corrected chi connectivity index (χ1v) is 9.54. The van der Waals surface area contributed by atoms with Crippen LogP contribution >= 0.6 is 0 Å². The first-order valence-electron chi connectivity index (χ1n) is 8.10. The number of esters is 1. The molecule has 10 heteroatoms. The molecule has 0 unspecified atom stereocenters. The molecule has 0 atom stereocenters. The number of carbonyl (C=O) groups is 2. The SMILES string of the molecule is CCC(=O)OCC(=O)Nc1ccc(OC)c(S(=O)(=O)N2CCOCC2)c1. The lowest BCUT2D eigenvalue weighted by atomic mass is 10.3. The Bertz CT molecular complexity index is 758. The number of hydrogen-bond acceptors (Lipinski definition) is 7. The van der Waals surface area contributed by atoms with Gasteiger partial charge in [-0.05, 0) is 18.2 Å². The van der Waals surface area contributed by atoms with E-state index in [4.69, 9.17) is 14.2 Å². The number of benzene rings is 1. The molecule has 1 amide bonds. The summed E-state index contributed by atoms with van der Waals surface area (Å²) in [5.74, 6) is -0.885. The molecule has 1 heterocycles. The molecular weight excluding hydrogens is 364 g/mol. The number of morpholine rings is 1. The quantitative estimate of drug-likeness (QED) is 0.683. The maximum Gasteiger partial charge on any atom is 0.306 e. The van der Waals surface area contributed by atoms with E-state index >= 15 is 0 Å². The molecule has 1 aromatic carbocycles. The number of carbonyl (C=O) groups excluding carboxylic acids is 2. The molecule has 1 saturated heterocycles. The highest BCUT2D eigenvalue weighted by atomic mass is 32.2. The Morgan fingerprint density at radius 2 is 1.96 bits per heavy atom. The summed E-state index contributed by atoms with van der Waals surface area (Å²) in [5, 5.41) is 2.51. The van der Waals surface area contributed by atoms with Crippen LogP contribution in [-0.2, 0) is 29.1 Å². The summed E-state index contributed by atoms with van der Waals surface area (Å²) in [4.78, 5) is 22.9. The van der Waals surface area contributed by atoms with Crippen molar-refractivity contribution in [3.05, 3.63) is 18.2 Å². The first-order chi connectivity index (χ1) is 12.4. The monoisotopic (exact) mass is 386 g/mol. The van der Waals surface area contributed by atoms with Crippen LogP contribution in [0.15, 0.2) is 23.1 Å². The van der Waals surface area contributed by atoms with E-state index < -0.39 is 28.5 Å². The van der Waals surface area contributed by atoms with Gasteiger partial charge in [-0.15, -0.1) is 0 Å². The standard InChI is InChI=1S/C16H22N2O7S/c1-3-16(20)25-11-15(19)17-12-4-5-13(23-2)14(10-12)26(21,22)18-6-8-24-9-7-18/h4-5,10H,3,6-9,11H2,1-2H3,(H,17,19). The molecule has 1 aromatic rings. The third kappa shape index (κ3) is 4.93. The Labute approximate surface area is 152 Å². The third-order valence-electron chi connectivity index (χ3n) is 3.69. The predicted octanol–water partition coefficient (Wildman–Crippen LogP) is 0.608. The van der Waals surface area contributed by atoms with Crippen molar-refractivity contribution in [3.8, 4) is 5.75 Å². The highest BCUT2D eigenvalue weighted by molar-refractivity contribution is 7.89. The lowest BCUT2D eigenvalue weighted by Crippen LogP contribution is -2.40. The number of anilines is 1. The third-order valence-corrected chi connectivity index (χ3v) is 5.61. The van der Waals surface area contributed by atoms with E-state index in [-0.39, 0.29) is 35.8 Å². The van der Waals surface area contributed by atoms with Crippen molar-refractivity contribution in [2.24, 2.45) is 0 Å². The average Bonchev–Trinajstić information content (AvgIpc) is 2.66. The highest BCUT2D eigenvalue weighted by Gasteiger charge is 2.29. The topological polar surface area (TPSA) is 111 Å². The number of nitrogens with zero attached hydrogens (tertiary/aromatic N) is 1. The number of sulfonamides is 1. The Morgan fingerprint density at radius 3 is 2.58 bits per heavy atom. The van der Waals surface area contributed by atoms with E-state index in [1.807, 2.05) is 0 Å². The summed E-state index contributed by atoms with van der Waals surface area (Å²) in [6, 6.07) is 4.29. The molecule has 0 aliphatic carbocycles. The molecule has 9 nitrogen and oxygen atoms in total. The molecule has 0 aromatic heterocycles. The largest absolute Gasteiger partial charge is 0.495 e. The lowest BCUT2D eigenvalue weighted by Gasteiger charge is -2.26. The molecule has 0 bridgehead atoms. The Balaban J connectivity index is 2.19. The highest BCUT2D eigenvalue weighted by Crippen LogP contribution is 2.30. The molecule has 0 radical (unpaired) electrons. The van der Waals surface area contributed by atoms with Crippen LogP contribution in [0.1, 0.15) is 13.3 Å². The minimum Gasteiger partial charge on any atom is -0.495 e. The maximum atomic E-state index is 12.9. The van der Waals surface area contributed by atoms with E-state index in [2.05, 4.69) is 5.32 Å². The van der Waals surface area contributed by atoms with Gasteiger partial charge in [-0.2, -0.15) is 4.31 Å². The van der Waals surface area contributed by atoms with Crippen LogP contribution in [0.5, 0.6) is 5.75 Å². The van der Waals surface area contributed by atoms with Crippen molar-refractivity contribution in [2.75, 3.05) is 45.3 Å². The van der Waals surface area contributed by atoms with Gasteiger partial charge < -0.3 is 19.5 Å².